The Labute approximate surface area is 235 Å². The number of rotatable bonds is 7. The van der Waals surface area contributed by atoms with Crippen LogP contribution in [0.25, 0.3) is 5.70 Å². The monoisotopic (exact) mass is 574 g/mol. The summed E-state index contributed by atoms with van der Waals surface area (Å²) in [6.07, 6.45) is -0.586. The van der Waals surface area contributed by atoms with Gasteiger partial charge >= 0.3 is 6.18 Å². The molecule has 0 bridgehead atoms. The summed E-state index contributed by atoms with van der Waals surface area (Å²) in [4.78, 5) is 22.2. The van der Waals surface area contributed by atoms with Gasteiger partial charge in [0, 0.05) is 56.0 Å². The first-order chi connectivity index (χ1) is 18.9. The van der Waals surface area contributed by atoms with Crippen molar-refractivity contribution < 1.29 is 18.0 Å². The predicted octanol–water partition coefficient (Wildman–Crippen LogP) is 4.54. The minimum Gasteiger partial charge on any atom is -0.396 e. The van der Waals surface area contributed by atoms with Gasteiger partial charge in [0.1, 0.15) is 0 Å². The molecule has 6 N–H and O–H groups in total. The molecule has 1 aliphatic heterocycles. The average Bonchev–Trinajstić information content (AvgIpc) is 3.29. The Balaban J connectivity index is 1.58. The molecule has 1 aliphatic rings. The Morgan fingerprint density at radius 3 is 2.62 bits per heavy atom. The third-order valence-electron chi connectivity index (χ3n) is 6.62. The molecule has 13 heteroatoms. The maximum Gasteiger partial charge on any atom is 0.416 e. The smallest absolute Gasteiger partial charge is 0.396 e. The highest BCUT2D eigenvalue weighted by atomic mass is 32.1. The number of benzene rings is 2. The Bertz CT molecular complexity index is 1390. The van der Waals surface area contributed by atoms with E-state index in [1.54, 1.807) is 37.5 Å². The third kappa shape index (κ3) is 7.03. The van der Waals surface area contributed by atoms with E-state index in [0.29, 0.717) is 40.2 Å². The molecule has 0 radical (unpaired) electrons. The number of hydrazine groups is 1. The number of nitrogens with two attached hydrogens (primary N) is 2. The lowest BCUT2D eigenvalue weighted by molar-refractivity contribution is -0.137. The molecule has 0 unspecified atom stereocenters. The minimum absolute atomic E-state index is 0.0637. The van der Waals surface area contributed by atoms with Crippen molar-refractivity contribution in [1.29, 1.82) is 0 Å². The Hall–Kier alpha value is -3.81. The van der Waals surface area contributed by atoms with E-state index < -0.39 is 17.6 Å². The lowest BCUT2D eigenvalue weighted by Gasteiger charge is -2.25. The second-order valence-corrected chi connectivity index (χ2v) is 10.7. The van der Waals surface area contributed by atoms with Crippen molar-refractivity contribution in [3.63, 3.8) is 0 Å². The van der Waals surface area contributed by atoms with Crippen LogP contribution < -0.4 is 32.1 Å². The predicted molar refractivity (Wildman–Crippen MR) is 155 cm³/mol. The van der Waals surface area contributed by atoms with Crippen LogP contribution in [0.1, 0.15) is 32.8 Å². The van der Waals surface area contributed by atoms with Crippen LogP contribution in [0, 0.1) is 6.92 Å². The van der Waals surface area contributed by atoms with E-state index in [4.69, 9.17) is 11.6 Å². The highest BCUT2D eigenvalue weighted by Gasteiger charge is 2.32. The molecule has 9 nitrogen and oxygen atoms in total. The van der Waals surface area contributed by atoms with E-state index >= 15 is 0 Å². The number of halogens is 3. The molecule has 4 rings (SSSR count). The van der Waals surface area contributed by atoms with Gasteiger partial charge in [0.15, 0.2) is 5.13 Å². The molecule has 1 aromatic heterocycles. The first-order valence-corrected chi connectivity index (χ1v) is 13.5. The van der Waals surface area contributed by atoms with Crippen molar-refractivity contribution in [1.82, 2.24) is 9.88 Å². The second kappa shape index (κ2) is 12.1. The van der Waals surface area contributed by atoms with Crippen molar-refractivity contribution in [2.75, 3.05) is 60.8 Å². The number of aryl methyl sites for hydroxylation is 1. The summed E-state index contributed by atoms with van der Waals surface area (Å²) in [5.74, 6) is 5.71. The van der Waals surface area contributed by atoms with Gasteiger partial charge in [0.05, 0.1) is 21.8 Å². The van der Waals surface area contributed by atoms with Gasteiger partial charge in [-0.25, -0.2) is 10.8 Å². The number of anilines is 4. The summed E-state index contributed by atoms with van der Waals surface area (Å²) >= 11 is 1.36. The van der Waals surface area contributed by atoms with E-state index in [-0.39, 0.29) is 11.3 Å². The molecular formula is C27H33F3N8OS. The van der Waals surface area contributed by atoms with Crippen LogP contribution in [-0.4, -0.2) is 56.1 Å². The summed E-state index contributed by atoms with van der Waals surface area (Å²) in [5.41, 5.74) is 7.75. The Morgan fingerprint density at radius 2 is 1.93 bits per heavy atom. The van der Waals surface area contributed by atoms with Gasteiger partial charge in [0.25, 0.3) is 5.91 Å². The molecule has 3 aromatic rings. The summed E-state index contributed by atoms with van der Waals surface area (Å²) < 4.78 is 41.3. The fourth-order valence-electron chi connectivity index (χ4n) is 4.37. The van der Waals surface area contributed by atoms with E-state index in [1.165, 1.54) is 22.5 Å². The van der Waals surface area contributed by atoms with Crippen molar-refractivity contribution in [2.24, 2.45) is 11.6 Å². The molecule has 0 aliphatic carbocycles. The first-order valence-electron chi connectivity index (χ1n) is 12.7. The maximum absolute atomic E-state index is 13.8. The molecule has 0 saturated carbocycles. The Kier molecular flexibility index (Phi) is 8.86. The molecule has 1 fully saturated rings. The fourth-order valence-corrected chi connectivity index (χ4v) is 5.06. The van der Waals surface area contributed by atoms with E-state index in [9.17, 15) is 18.0 Å². The number of hydrogen-bond donors (Lipinski definition) is 4. The number of carbonyl (C=O) groups excluding carboxylic acids is 1. The van der Waals surface area contributed by atoms with Crippen molar-refractivity contribution in [3.8, 4) is 0 Å². The summed E-state index contributed by atoms with van der Waals surface area (Å²) in [7, 11) is 3.74. The van der Waals surface area contributed by atoms with Gasteiger partial charge in [-0.2, -0.15) is 13.2 Å². The normalized spacial score (nSPS) is 15.1. The zero-order valence-electron chi connectivity index (χ0n) is 22.5. The van der Waals surface area contributed by atoms with Gasteiger partial charge in [-0.1, -0.05) is 17.4 Å². The van der Waals surface area contributed by atoms with Crippen LogP contribution >= 0.6 is 11.3 Å². The van der Waals surface area contributed by atoms with Crippen molar-refractivity contribution in [2.45, 2.75) is 19.5 Å². The van der Waals surface area contributed by atoms with Gasteiger partial charge < -0.3 is 26.2 Å². The van der Waals surface area contributed by atoms with Gasteiger partial charge in [-0.15, -0.1) is 0 Å². The minimum atomic E-state index is -4.56. The molecule has 40 heavy (non-hydrogen) atoms. The highest BCUT2D eigenvalue weighted by Crippen LogP contribution is 2.35. The molecule has 0 spiro atoms. The topological polar surface area (TPSA) is 116 Å². The summed E-state index contributed by atoms with van der Waals surface area (Å²) in [6.45, 7) is 4.64. The third-order valence-corrected chi connectivity index (χ3v) is 7.68. The fraction of sp³-hybridized carbons (Fsp3) is 0.333. The van der Waals surface area contributed by atoms with Gasteiger partial charge in [-0.3, -0.25) is 9.80 Å². The average molecular weight is 575 g/mol. The van der Waals surface area contributed by atoms with Crippen LogP contribution in [0.2, 0.25) is 0 Å². The molecular weight excluding hydrogens is 541 g/mol. The number of aromatic nitrogens is 1. The van der Waals surface area contributed by atoms with Crippen molar-refractivity contribution in [3.05, 3.63) is 70.4 Å². The molecule has 214 valence electrons. The molecule has 1 saturated heterocycles. The van der Waals surface area contributed by atoms with E-state index in [1.807, 2.05) is 18.9 Å². The lowest BCUT2D eigenvalue weighted by atomic mass is 10.1. The first kappa shape index (κ1) is 29.2. The number of thiazole rings is 1. The van der Waals surface area contributed by atoms with Crippen LogP contribution in [0.15, 0.2) is 48.8 Å². The second-order valence-electron chi connectivity index (χ2n) is 9.64. The SMILES string of the molecule is CNc1ncc(/C(N)=C/N(N)c2cc(C(=O)Nc3cc(N4CCCN(C)CC4)cc(C(F)(F)F)c3)ccc2C)s1. The van der Waals surface area contributed by atoms with Gasteiger partial charge in [0.2, 0.25) is 0 Å². The van der Waals surface area contributed by atoms with Crippen LogP contribution in [-0.2, 0) is 6.18 Å². The lowest BCUT2D eigenvalue weighted by Crippen LogP contribution is -2.29. The zero-order valence-corrected chi connectivity index (χ0v) is 23.4. The quantitative estimate of drug-likeness (QED) is 0.240. The number of nitrogens with zero attached hydrogens (tertiary/aromatic N) is 4. The van der Waals surface area contributed by atoms with E-state index in [2.05, 4.69) is 20.5 Å². The number of amides is 1. The Morgan fingerprint density at radius 1 is 1.15 bits per heavy atom. The molecule has 1 amide bonds. The van der Waals surface area contributed by atoms with Crippen molar-refractivity contribution >= 4 is 45.1 Å². The number of likely N-dealkylation sites (N-methyl/N-ethyl adjacent to an activating group) is 1. The van der Waals surface area contributed by atoms with Crippen LogP contribution in [0.3, 0.4) is 0 Å². The highest BCUT2D eigenvalue weighted by molar-refractivity contribution is 7.16. The molecule has 0 atom stereocenters. The maximum atomic E-state index is 13.8. The zero-order chi connectivity index (χ0) is 29.0. The number of nitrogens with one attached hydrogen (secondary N) is 2. The van der Waals surface area contributed by atoms with E-state index in [0.717, 1.165) is 37.2 Å². The summed E-state index contributed by atoms with van der Waals surface area (Å²) in [6, 6.07) is 8.55. The van der Waals surface area contributed by atoms with Gasteiger partial charge in [-0.05, 0) is 62.8 Å². The molecule has 2 aromatic carbocycles. The standard InChI is InChI=1S/C27H33F3N8OS/c1-17-5-6-18(11-23(17)38(32)16-22(31)24-15-34-26(33-2)40-24)25(39)35-20-12-19(27(28,29)30)13-21(14-20)37-8-4-7-36(3)9-10-37/h5-6,11-16H,4,7-10,31-32H2,1-3H3,(H,33,34)(H,35,39)/b22-16-. The number of carbonyl (C=O) groups is 1. The number of alkyl halides is 3. The van der Waals surface area contributed by atoms with Crippen LogP contribution in [0.5, 0.6) is 0 Å². The molecule has 2 heterocycles. The summed E-state index contributed by atoms with van der Waals surface area (Å²) in [5, 5.41) is 7.59. The number of hydrogen-bond acceptors (Lipinski definition) is 9. The van der Waals surface area contributed by atoms with Crippen LogP contribution in [0.4, 0.5) is 35.4 Å². The largest absolute Gasteiger partial charge is 0.416 e.